The molecular weight excluding hydrogens is 236 g/mol. The number of thiazole rings is 1. The summed E-state index contributed by atoms with van der Waals surface area (Å²) in [5.74, 6) is 0. The van der Waals surface area contributed by atoms with Crippen molar-refractivity contribution in [3.8, 4) is 0 Å². The highest BCUT2D eigenvalue weighted by atomic mass is 32.1. The molecule has 0 aliphatic rings. The molecule has 0 saturated carbocycles. The van der Waals surface area contributed by atoms with Crippen LogP contribution in [-0.2, 0) is 6.54 Å². The quantitative estimate of drug-likeness (QED) is 0.746. The molecule has 0 N–H and O–H groups in total. The molecule has 0 unspecified atom stereocenters. The molecule has 90 valence electrons. The second-order valence-electron chi connectivity index (χ2n) is 3.77. The third kappa shape index (κ3) is 3.64. The van der Waals surface area contributed by atoms with Crippen molar-refractivity contribution in [1.82, 2.24) is 9.88 Å². The zero-order chi connectivity index (χ0) is 12.3. The molecular formula is C9H13BF3N2S-. The molecule has 0 atom stereocenters. The van der Waals surface area contributed by atoms with E-state index in [1.807, 2.05) is 6.92 Å². The lowest BCUT2D eigenvalue weighted by atomic mass is 9.80. The van der Waals surface area contributed by atoms with Crippen LogP contribution in [0.25, 0.3) is 0 Å². The van der Waals surface area contributed by atoms with Crippen LogP contribution < -0.4 is 0 Å². The van der Waals surface area contributed by atoms with Gasteiger partial charge in [-0.25, -0.2) is 4.98 Å². The molecule has 0 amide bonds. The first-order valence-electron chi connectivity index (χ1n) is 4.76. The Hall–Kier alpha value is -0.815. The van der Waals surface area contributed by atoms with E-state index in [1.165, 1.54) is 11.3 Å². The van der Waals surface area contributed by atoms with E-state index in [-0.39, 0.29) is 6.54 Å². The maximum absolute atomic E-state index is 12.3. The summed E-state index contributed by atoms with van der Waals surface area (Å²) in [6.45, 7) is 0.309. The summed E-state index contributed by atoms with van der Waals surface area (Å²) in [4.78, 5) is 6.63. The van der Waals surface area contributed by atoms with Gasteiger partial charge in [0.2, 0.25) is 0 Å². The van der Waals surface area contributed by atoms with Gasteiger partial charge in [0, 0.05) is 11.4 Å². The Balaban J connectivity index is 2.52. The predicted molar refractivity (Wildman–Crippen MR) is 61.4 cm³/mol. The summed E-state index contributed by atoms with van der Waals surface area (Å²) < 4.78 is 36.9. The van der Waals surface area contributed by atoms with Gasteiger partial charge in [-0.1, -0.05) is 0 Å². The van der Waals surface area contributed by atoms with Gasteiger partial charge in [0.15, 0.2) is 0 Å². The number of hydrogen-bond acceptors (Lipinski definition) is 3. The number of halogens is 3. The molecule has 0 aliphatic heterocycles. The summed E-state index contributed by atoms with van der Waals surface area (Å²) in [7, 11) is 1.64. The van der Waals surface area contributed by atoms with Crippen molar-refractivity contribution >= 4 is 18.3 Å². The summed E-state index contributed by atoms with van der Waals surface area (Å²) in [6.07, 6.45) is 0. The van der Waals surface area contributed by atoms with E-state index in [4.69, 9.17) is 0 Å². The lowest BCUT2D eigenvalue weighted by Crippen LogP contribution is -2.29. The van der Waals surface area contributed by atoms with E-state index in [9.17, 15) is 12.9 Å². The minimum atomic E-state index is -4.93. The van der Waals surface area contributed by atoms with E-state index in [0.29, 0.717) is 6.54 Å². The second kappa shape index (κ2) is 5.01. The largest absolute Gasteiger partial charge is 0.506 e. The van der Waals surface area contributed by atoms with Gasteiger partial charge in [-0.2, -0.15) is 0 Å². The van der Waals surface area contributed by atoms with Crippen LogP contribution in [0.5, 0.6) is 0 Å². The number of aromatic nitrogens is 1. The Morgan fingerprint density at radius 1 is 1.56 bits per heavy atom. The van der Waals surface area contributed by atoms with Crippen LogP contribution in [-0.4, -0.2) is 30.5 Å². The molecule has 0 saturated heterocycles. The molecule has 0 aromatic carbocycles. The topological polar surface area (TPSA) is 16.1 Å². The Bertz CT molecular complexity index is 375. The zero-order valence-electron chi connectivity index (χ0n) is 9.21. The highest BCUT2D eigenvalue weighted by molar-refractivity contribution is 7.09. The van der Waals surface area contributed by atoms with Crippen molar-refractivity contribution in [3.63, 3.8) is 0 Å². The van der Waals surface area contributed by atoms with Crippen molar-refractivity contribution in [3.05, 3.63) is 28.1 Å². The highest BCUT2D eigenvalue weighted by Crippen LogP contribution is 2.20. The van der Waals surface area contributed by atoms with Crippen molar-refractivity contribution in [1.29, 1.82) is 0 Å². The third-order valence-corrected chi connectivity index (χ3v) is 3.11. The van der Waals surface area contributed by atoms with Gasteiger partial charge in [-0.05, 0) is 20.5 Å². The fourth-order valence-electron chi connectivity index (χ4n) is 1.23. The summed E-state index contributed by atoms with van der Waals surface area (Å²) >= 11 is 1.45. The first-order chi connectivity index (χ1) is 7.30. The standard InChI is InChI=1S/C9H13BF3N2S/c1-7(10(11,12)13)4-15(3)5-9-8(2)14-6-16-9/h6H,1,4-5H2,2-3H3/q-1. The Morgan fingerprint density at radius 2 is 2.19 bits per heavy atom. The smallest absolute Gasteiger partial charge is 0.445 e. The van der Waals surface area contributed by atoms with Crippen molar-refractivity contribution in [2.75, 3.05) is 13.6 Å². The molecule has 1 rings (SSSR count). The third-order valence-electron chi connectivity index (χ3n) is 2.19. The van der Waals surface area contributed by atoms with Gasteiger partial charge >= 0.3 is 6.98 Å². The molecule has 0 bridgehead atoms. The molecule has 0 fully saturated rings. The van der Waals surface area contributed by atoms with Gasteiger partial charge in [0.25, 0.3) is 0 Å². The molecule has 2 nitrogen and oxygen atoms in total. The van der Waals surface area contributed by atoms with Gasteiger partial charge < -0.3 is 17.8 Å². The number of likely N-dealkylation sites (N-methyl/N-ethyl adjacent to an activating group) is 1. The average molecular weight is 249 g/mol. The van der Waals surface area contributed by atoms with Crippen LogP contribution in [0.2, 0.25) is 0 Å². The maximum Gasteiger partial charge on any atom is 0.506 e. The molecule has 0 spiro atoms. The molecule has 1 heterocycles. The van der Waals surface area contributed by atoms with Crippen molar-refractivity contribution in [2.45, 2.75) is 13.5 Å². The van der Waals surface area contributed by atoms with E-state index >= 15 is 0 Å². The Kier molecular flexibility index (Phi) is 4.15. The summed E-state index contributed by atoms with van der Waals surface area (Å²) in [5.41, 5.74) is 1.91. The lowest BCUT2D eigenvalue weighted by Gasteiger charge is -2.23. The fraction of sp³-hybridized carbons (Fsp3) is 0.444. The SMILES string of the molecule is C=C(CN(C)Cc1scnc1C)[B-](F)(F)F. The van der Waals surface area contributed by atoms with E-state index < -0.39 is 12.4 Å². The summed E-state index contributed by atoms with van der Waals surface area (Å²) in [5, 5.41) is 0. The highest BCUT2D eigenvalue weighted by Gasteiger charge is 2.27. The Labute approximate surface area is 96.9 Å². The first-order valence-corrected chi connectivity index (χ1v) is 5.63. The number of aryl methyl sites for hydroxylation is 1. The molecule has 16 heavy (non-hydrogen) atoms. The molecule has 7 heteroatoms. The van der Waals surface area contributed by atoms with Gasteiger partial charge in [0.1, 0.15) is 0 Å². The van der Waals surface area contributed by atoms with E-state index in [1.54, 1.807) is 17.5 Å². The first kappa shape index (κ1) is 13.3. The molecule has 0 radical (unpaired) electrons. The van der Waals surface area contributed by atoms with Crippen LogP contribution in [0.15, 0.2) is 17.6 Å². The molecule has 1 aromatic heterocycles. The van der Waals surface area contributed by atoms with Crippen LogP contribution in [0.1, 0.15) is 10.6 Å². The second-order valence-corrected chi connectivity index (χ2v) is 4.71. The zero-order valence-corrected chi connectivity index (χ0v) is 10.0. The number of rotatable bonds is 5. The van der Waals surface area contributed by atoms with Crippen LogP contribution in [0.3, 0.4) is 0 Å². The van der Waals surface area contributed by atoms with E-state index in [2.05, 4.69) is 11.6 Å². The van der Waals surface area contributed by atoms with Gasteiger partial charge in [0.05, 0.1) is 11.2 Å². The minimum absolute atomic E-state index is 0.152. The maximum atomic E-state index is 12.3. The molecule has 1 aromatic rings. The van der Waals surface area contributed by atoms with Gasteiger partial charge in [-0.3, -0.25) is 0 Å². The van der Waals surface area contributed by atoms with Crippen molar-refractivity contribution in [2.24, 2.45) is 0 Å². The Morgan fingerprint density at radius 3 is 2.62 bits per heavy atom. The van der Waals surface area contributed by atoms with Crippen molar-refractivity contribution < 1.29 is 12.9 Å². The fourth-order valence-corrected chi connectivity index (χ4v) is 2.09. The summed E-state index contributed by atoms with van der Waals surface area (Å²) in [6, 6.07) is 0. The van der Waals surface area contributed by atoms with Gasteiger partial charge in [-0.15, -0.1) is 23.4 Å². The average Bonchev–Trinajstić information content (AvgIpc) is 2.50. The van der Waals surface area contributed by atoms with E-state index in [0.717, 1.165) is 10.6 Å². The van der Waals surface area contributed by atoms with Crippen LogP contribution in [0, 0.1) is 6.92 Å². The minimum Gasteiger partial charge on any atom is -0.445 e. The van der Waals surface area contributed by atoms with Crippen LogP contribution >= 0.6 is 11.3 Å². The predicted octanol–water partition coefficient (Wildman–Crippen LogP) is 2.83. The number of hydrogen-bond donors (Lipinski definition) is 0. The molecule has 0 aliphatic carbocycles. The lowest BCUT2D eigenvalue weighted by molar-refractivity contribution is 0.352. The normalized spacial score (nSPS) is 12.1. The van der Waals surface area contributed by atoms with Crippen LogP contribution in [0.4, 0.5) is 12.9 Å². The monoisotopic (exact) mass is 249 g/mol. The number of nitrogens with zero attached hydrogens (tertiary/aromatic N) is 2.